The van der Waals surface area contributed by atoms with Gasteiger partial charge in [0.05, 0.1) is 13.7 Å². The SMILES string of the molecule is COc1ccc(OCCNC(N)=NCCc2ccccc2)cc1. The van der Waals surface area contributed by atoms with E-state index < -0.39 is 0 Å². The van der Waals surface area contributed by atoms with E-state index in [4.69, 9.17) is 15.2 Å². The number of ether oxygens (including phenoxy) is 2. The third-order valence-corrected chi connectivity index (χ3v) is 3.26. The Bertz CT molecular complexity index is 597. The lowest BCUT2D eigenvalue weighted by atomic mass is 10.2. The highest BCUT2D eigenvalue weighted by Crippen LogP contribution is 2.16. The van der Waals surface area contributed by atoms with Crippen molar-refractivity contribution < 1.29 is 9.47 Å². The van der Waals surface area contributed by atoms with Crippen LogP contribution in [-0.4, -0.2) is 32.8 Å². The maximum atomic E-state index is 5.82. The zero-order valence-corrected chi connectivity index (χ0v) is 13.4. The Hall–Kier alpha value is -2.69. The first kappa shape index (κ1) is 16.7. The summed E-state index contributed by atoms with van der Waals surface area (Å²) in [5, 5.41) is 3.04. The van der Waals surface area contributed by atoms with Crippen LogP contribution in [0.5, 0.6) is 11.5 Å². The Balaban J connectivity index is 1.62. The van der Waals surface area contributed by atoms with E-state index in [0.29, 0.717) is 25.7 Å². The van der Waals surface area contributed by atoms with Crippen molar-refractivity contribution in [2.45, 2.75) is 6.42 Å². The fourth-order valence-corrected chi connectivity index (χ4v) is 2.03. The zero-order valence-electron chi connectivity index (χ0n) is 13.4. The summed E-state index contributed by atoms with van der Waals surface area (Å²) >= 11 is 0. The largest absolute Gasteiger partial charge is 0.497 e. The number of hydrogen-bond acceptors (Lipinski definition) is 3. The van der Waals surface area contributed by atoms with Crippen molar-refractivity contribution in [3.8, 4) is 11.5 Å². The van der Waals surface area contributed by atoms with Crippen LogP contribution in [0, 0.1) is 0 Å². The van der Waals surface area contributed by atoms with Crippen molar-refractivity contribution in [2.24, 2.45) is 10.7 Å². The van der Waals surface area contributed by atoms with E-state index in [1.165, 1.54) is 5.56 Å². The summed E-state index contributed by atoms with van der Waals surface area (Å²) in [6.45, 7) is 1.79. The molecule has 2 rings (SSSR count). The molecule has 5 heteroatoms. The van der Waals surface area contributed by atoms with Gasteiger partial charge in [-0.3, -0.25) is 4.99 Å². The van der Waals surface area contributed by atoms with E-state index in [2.05, 4.69) is 22.4 Å². The molecule has 0 aliphatic heterocycles. The van der Waals surface area contributed by atoms with Gasteiger partial charge in [0.1, 0.15) is 18.1 Å². The van der Waals surface area contributed by atoms with Gasteiger partial charge in [0.15, 0.2) is 5.96 Å². The number of benzene rings is 2. The molecule has 0 aliphatic carbocycles. The molecule has 0 heterocycles. The lowest BCUT2D eigenvalue weighted by Crippen LogP contribution is -2.34. The summed E-state index contributed by atoms with van der Waals surface area (Å²) in [6, 6.07) is 17.7. The first-order chi connectivity index (χ1) is 11.3. The van der Waals surface area contributed by atoms with Crippen molar-refractivity contribution in [3.63, 3.8) is 0 Å². The molecule has 2 aromatic carbocycles. The summed E-state index contributed by atoms with van der Waals surface area (Å²) in [6.07, 6.45) is 0.881. The molecule has 0 saturated carbocycles. The molecule has 0 bridgehead atoms. The fourth-order valence-electron chi connectivity index (χ4n) is 2.03. The lowest BCUT2D eigenvalue weighted by molar-refractivity contribution is 0.321. The van der Waals surface area contributed by atoms with Crippen molar-refractivity contribution >= 4 is 5.96 Å². The van der Waals surface area contributed by atoms with Crippen LogP contribution in [0.4, 0.5) is 0 Å². The number of nitrogens with two attached hydrogens (primary N) is 1. The Morgan fingerprint density at radius 3 is 2.43 bits per heavy atom. The van der Waals surface area contributed by atoms with Crippen LogP contribution < -0.4 is 20.5 Å². The first-order valence-corrected chi connectivity index (χ1v) is 7.62. The standard InChI is InChI=1S/C18H23N3O2/c1-22-16-7-9-17(10-8-16)23-14-13-21-18(19)20-12-11-15-5-3-2-4-6-15/h2-10H,11-14H2,1H3,(H3,19,20,21). The van der Waals surface area contributed by atoms with E-state index in [1.54, 1.807) is 7.11 Å². The average Bonchev–Trinajstić information content (AvgIpc) is 2.60. The number of rotatable bonds is 8. The van der Waals surface area contributed by atoms with E-state index in [-0.39, 0.29) is 0 Å². The minimum Gasteiger partial charge on any atom is -0.497 e. The molecule has 0 atom stereocenters. The van der Waals surface area contributed by atoms with Gasteiger partial charge in [0.2, 0.25) is 0 Å². The molecule has 5 nitrogen and oxygen atoms in total. The second kappa shape index (κ2) is 9.35. The van der Waals surface area contributed by atoms with Gasteiger partial charge in [0.25, 0.3) is 0 Å². The average molecular weight is 313 g/mol. The molecule has 2 aromatic rings. The second-order valence-corrected chi connectivity index (χ2v) is 4.95. The molecule has 122 valence electrons. The van der Waals surface area contributed by atoms with E-state index in [0.717, 1.165) is 17.9 Å². The molecule has 0 aromatic heterocycles. The monoisotopic (exact) mass is 313 g/mol. The first-order valence-electron chi connectivity index (χ1n) is 7.62. The van der Waals surface area contributed by atoms with Crippen LogP contribution in [0.2, 0.25) is 0 Å². The third kappa shape index (κ3) is 6.30. The van der Waals surface area contributed by atoms with Gasteiger partial charge < -0.3 is 20.5 Å². The Morgan fingerprint density at radius 2 is 1.74 bits per heavy atom. The number of methoxy groups -OCH3 is 1. The fraction of sp³-hybridized carbons (Fsp3) is 0.278. The normalized spacial score (nSPS) is 11.1. The van der Waals surface area contributed by atoms with Crippen LogP contribution in [-0.2, 0) is 6.42 Å². The Morgan fingerprint density at radius 1 is 1.04 bits per heavy atom. The minimum atomic E-state index is 0.444. The maximum absolute atomic E-state index is 5.82. The van der Waals surface area contributed by atoms with Crippen LogP contribution in [0.1, 0.15) is 5.56 Å². The predicted octanol–water partition coefficient (Wildman–Crippen LogP) is 2.22. The summed E-state index contributed by atoms with van der Waals surface area (Å²) in [4.78, 5) is 4.30. The van der Waals surface area contributed by atoms with Gasteiger partial charge in [-0.1, -0.05) is 30.3 Å². The number of nitrogens with one attached hydrogen (secondary N) is 1. The maximum Gasteiger partial charge on any atom is 0.188 e. The molecule has 0 spiro atoms. The molecule has 0 radical (unpaired) electrons. The Labute approximate surface area is 137 Å². The van der Waals surface area contributed by atoms with Gasteiger partial charge in [-0.05, 0) is 36.2 Å². The molecule has 0 aliphatic rings. The highest BCUT2D eigenvalue weighted by molar-refractivity contribution is 5.77. The van der Waals surface area contributed by atoms with E-state index in [9.17, 15) is 0 Å². The van der Waals surface area contributed by atoms with Gasteiger partial charge in [-0.2, -0.15) is 0 Å². The van der Waals surface area contributed by atoms with Gasteiger partial charge in [-0.15, -0.1) is 0 Å². The highest BCUT2D eigenvalue weighted by atomic mass is 16.5. The van der Waals surface area contributed by atoms with Crippen molar-refractivity contribution in [1.82, 2.24) is 5.32 Å². The van der Waals surface area contributed by atoms with Crippen LogP contribution in [0.25, 0.3) is 0 Å². The number of guanidine groups is 1. The molecule has 23 heavy (non-hydrogen) atoms. The highest BCUT2D eigenvalue weighted by Gasteiger charge is 1.96. The smallest absolute Gasteiger partial charge is 0.188 e. The number of aliphatic imine (C=N–C) groups is 1. The molecular weight excluding hydrogens is 290 g/mol. The quantitative estimate of drug-likeness (QED) is 0.445. The number of nitrogens with zero attached hydrogens (tertiary/aromatic N) is 1. The van der Waals surface area contributed by atoms with Gasteiger partial charge in [-0.25, -0.2) is 0 Å². The van der Waals surface area contributed by atoms with Crippen LogP contribution >= 0.6 is 0 Å². The number of hydrogen-bond donors (Lipinski definition) is 2. The topological polar surface area (TPSA) is 68.9 Å². The molecule has 0 fully saturated rings. The van der Waals surface area contributed by atoms with Crippen molar-refractivity contribution in [2.75, 3.05) is 26.8 Å². The zero-order chi connectivity index (χ0) is 16.3. The molecule has 0 unspecified atom stereocenters. The Kier molecular flexibility index (Phi) is 6.78. The summed E-state index contributed by atoms with van der Waals surface area (Å²) in [5.74, 6) is 2.05. The summed E-state index contributed by atoms with van der Waals surface area (Å²) < 4.78 is 10.7. The molecule has 0 saturated heterocycles. The van der Waals surface area contributed by atoms with Gasteiger partial charge >= 0.3 is 0 Å². The summed E-state index contributed by atoms with van der Waals surface area (Å²) in [5.41, 5.74) is 7.08. The van der Waals surface area contributed by atoms with E-state index in [1.807, 2.05) is 42.5 Å². The van der Waals surface area contributed by atoms with Crippen molar-refractivity contribution in [3.05, 3.63) is 60.2 Å². The van der Waals surface area contributed by atoms with Gasteiger partial charge in [0, 0.05) is 6.54 Å². The molecular formula is C18H23N3O2. The predicted molar refractivity (Wildman–Crippen MR) is 93.1 cm³/mol. The molecule has 3 N–H and O–H groups in total. The third-order valence-electron chi connectivity index (χ3n) is 3.26. The lowest BCUT2D eigenvalue weighted by Gasteiger charge is -2.08. The van der Waals surface area contributed by atoms with Crippen LogP contribution in [0.15, 0.2) is 59.6 Å². The van der Waals surface area contributed by atoms with Crippen molar-refractivity contribution in [1.29, 1.82) is 0 Å². The van der Waals surface area contributed by atoms with E-state index >= 15 is 0 Å². The van der Waals surface area contributed by atoms with Crippen LogP contribution in [0.3, 0.4) is 0 Å². The minimum absolute atomic E-state index is 0.444. The second-order valence-electron chi connectivity index (χ2n) is 4.95. The summed E-state index contributed by atoms with van der Waals surface area (Å²) in [7, 11) is 1.64. The molecule has 0 amide bonds.